The third-order valence-electron chi connectivity index (χ3n) is 5.99. The van der Waals surface area contributed by atoms with Crippen LogP contribution in [0.4, 0.5) is 11.4 Å². The Morgan fingerprint density at radius 1 is 0.879 bits per heavy atom. The molecule has 1 N–H and O–H groups in total. The first-order valence-corrected chi connectivity index (χ1v) is 10.4. The van der Waals surface area contributed by atoms with Crippen LogP contribution >= 0.6 is 0 Å². The number of hydrogen-bond donors (Lipinski definition) is 1. The smallest absolute Gasteiger partial charge is 0.266 e. The van der Waals surface area contributed by atoms with Gasteiger partial charge in [0, 0.05) is 6.07 Å². The lowest BCUT2D eigenvalue weighted by atomic mass is 9.90. The molecule has 0 aliphatic carbocycles. The number of imide groups is 1. The molecule has 168 valence electrons. The third-order valence-corrected chi connectivity index (χ3v) is 5.99. The molecule has 2 aliphatic heterocycles. The number of phenols is 1. The number of nitrogens with zero attached hydrogens (tertiary/aromatic N) is 2. The molecule has 8 nitrogen and oxygen atoms in total. The van der Waals surface area contributed by atoms with Crippen molar-refractivity contribution >= 4 is 23.2 Å². The van der Waals surface area contributed by atoms with Gasteiger partial charge in [0.05, 0.1) is 31.6 Å². The number of carbonyl (C=O) groups excluding carboxylic acids is 2. The van der Waals surface area contributed by atoms with E-state index >= 15 is 0 Å². The highest BCUT2D eigenvalue weighted by Crippen LogP contribution is 2.49. The molecule has 2 heterocycles. The fraction of sp³-hybridized carbons (Fsp3) is 0.200. The van der Waals surface area contributed by atoms with Gasteiger partial charge in [0.1, 0.15) is 23.2 Å². The molecule has 3 aromatic carbocycles. The second-order valence-electron chi connectivity index (χ2n) is 7.80. The number of carbonyl (C=O) groups is 2. The Labute approximate surface area is 190 Å². The molecule has 3 atom stereocenters. The number of hydrogen-bond acceptors (Lipinski definition) is 7. The van der Waals surface area contributed by atoms with Crippen LogP contribution in [0.25, 0.3) is 0 Å². The van der Waals surface area contributed by atoms with Crippen LogP contribution in [0.15, 0.2) is 72.8 Å². The number of rotatable bonds is 5. The summed E-state index contributed by atoms with van der Waals surface area (Å²) in [5.74, 6) is -0.630. The summed E-state index contributed by atoms with van der Waals surface area (Å²) in [6.07, 6.45) is -0.997. The van der Waals surface area contributed by atoms with Gasteiger partial charge >= 0.3 is 0 Å². The van der Waals surface area contributed by atoms with Gasteiger partial charge < -0.3 is 14.6 Å². The number of hydroxylamine groups is 1. The fourth-order valence-corrected chi connectivity index (χ4v) is 4.43. The molecule has 0 radical (unpaired) electrons. The van der Waals surface area contributed by atoms with Crippen molar-refractivity contribution in [3.8, 4) is 17.2 Å². The Hall–Kier alpha value is -4.04. The first-order chi connectivity index (χ1) is 16.0. The number of methoxy groups -OCH3 is 2. The molecular formula is C25H22N2O6. The number of benzene rings is 3. The lowest BCUT2D eigenvalue weighted by Gasteiger charge is -2.29. The van der Waals surface area contributed by atoms with Gasteiger partial charge in [0.15, 0.2) is 6.10 Å². The van der Waals surface area contributed by atoms with Crippen LogP contribution in [-0.4, -0.2) is 37.2 Å². The second kappa shape index (κ2) is 8.14. The molecular weight excluding hydrogens is 424 g/mol. The molecule has 0 saturated carbocycles. The molecule has 2 fully saturated rings. The van der Waals surface area contributed by atoms with Crippen LogP contribution in [0.1, 0.15) is 11.6 Å². The number of aromatic hydroxyl groups is 1. The maximum Gasteiger partial charge on any atom is 0.266 e. The maximum atomic E-state index is 13.7. The summed E-state index contributed by atoms with van der Waals surface area (Å²) >= 11 is 0. The van der Waals surface area contributed by atoms with Crippen molar-refractivity contribution in [3.05, 3.63) is 78.4 Å². The van der Waals surface area contributed by atoms with E-state index in [2.05, 4.69) is 0 Å². The topological polar surface area (TPSA) is 88.5 Å². The van der Waals surface area contributed by atoms with E-state index in [9.17, 15) is 14.7 Å². The van der Waals surface area contributed by atoms with E-state index in [1.165, 1.54) is 14.2 Å². The lowest BCUT2D eigenvalue weighted by molar-refractivity contribution is -0.126. The Balaban J connectivity index is 1.58. The monoisotopic (exact) mass is 446 g/mol. The molecule has 5 rings (SSSR count). The van der Waals surface area contributed by atoms with Crippen molar-refractivity contribution < 1.29 is 29.0 Å². The minimum atomic E-state index is -0.997. The minimum Gasteiger partial charge on any atom is -0.508 e. The zero-order chi connectivity index (χ0) is 23.1. The largest absolute Gasteiger partial charge is 0.508 e. The molecule has 33 heavy (non-hydrogen) atoms. The quantitative estimate of drug-likeness (QED) is 0.601. The van der Waals surface area contributed by atoms with Crippen LogP contribution in [0.3, 0.4) is 0 Å². The third kappa shape index (κ3) is 3.35. The van der Waals surface area contributed by atoms with Crippen molar-refractivity contribution in [3.63, 3.8) is 0 Å². The van der Waals surface area contributed by atoms with Crippen molar-refractivity contribution in [2.45, 2.75) is 12.1 Å². The SMILES string of the molecule is COc1ccc(N2C(=O)[C@@H]3[C@H](ON(c4ccccc4)[C@H]3c3ccc(O)cc3)C2=O)c(OC)c1. The van der Waals surface area contributed by atoms with E-state index in [0.29, 0.717) is 17.2 Å². The summed E-state index contributed by atoms with van der Waals surface area (Å²) in [6, 6.07) is 20.2. The highest BCUT2D eigenvalue weighted by molar-refractivity contribution is 6.24. The molecule has 0 bridgehead atoms. The van der Waals surface area contributed by atoms with Gasteiger partial charge in [-0.3, -0.25) is 14.4 Å². The highest BCUT2D eigenvalue weighted by Gasteiger charge is 2.60. The molecule has 3 aromatic rings. The van der Waals surface area contributed by atoms with Crippen molar-refractivity contribution in [2.75, 3.05) is 24.2 Å². The summed E-state index contributed by atoms with van der Waals surface area (Å²) in [5.41, 5.74) is 1.80. The Kier molecular flexibility index (Phi) is 5.14. The first-order valence-electron chi connectivity index (χ1n) is 10.4. The van der Waals surface area contributed by atoms with Gasteiger partial charge in [-0.25, -0.2) is 9.96 Å². The van der Waals surface area contributed by atoms with Crippen LogP contribution in [0.5, 0.6) is 17.2 Å². The summed E-state index contributed by atoms with van der Waals surface area (Å²) < 4.78 is 10.7. The second-order valence-corrected chi connectivity index (χ2v) is 7.80. The van der Waals surface area contributed by atoms with Crippen molar-refractivity contribution in [1.29, 1.82) is 0 Å². The minimum absolute atomic E-state index is 0.110. The standard InChI is InChI=1S/C25H22N2O6/c1-31-18-12-13-19(20(14-18)32-2)26-24(29)21-22(15-8-10-17(28)11-9-15)27(33-23(21)25(26)30)16-6-4-3-5-7-16/h3-14,21-23,28H,1-2H3/t21-,22-,23-/m0/s1. The molecule has 2 saturated heterocycles. The van der Waals surface area contributed by atoms with Crippen LogP contribution < -0.4 is 19.4 Å². The molecule has 8 heteroatoms. The average molecular weight is 446 g/mol. The maximum absolute atomic E-state index is 13.7. The van der Waals surface area contributed by atoms with E-state index in [0.717, 1.165) is 16.2 Å². The van der Waals surface area contributed by atoms with Crippen molar-refractivity contribution in [2.24, 2.45) is 5.92 Å². The van der Waals surface area contributed by atoms with Crippen LogP contribution in [0.2, 0.25) is 0 Å². The Morgan fingerprint density at radius 2 is 1.61 bits per heavy atom. The summed E-state index contributed by atoms with van der Waals surface area (Å²) in [7, 11) is 3.00. The zero-order valence-corrected chi connectivity index (χ0v) is 18.0. The van der Waals surface area contributed by atoms with Gasteiger partial charge in [-0.15, -0.1) is 0 Å². The predicted octanol–water partition coefficient (Wildman–Crippen LogP) is 3.46. The number of ether oxygens (including phenoxy) is 2. The van der Waals surface area contributed by atoms with E-state index in [1.54, 1.807) is 47.5 Å². The summed E-state index contributed by atoms with van der Waals surface area (Å²) in [5, 5.41) is 11.4. The zero-order valence-electron chi connectivity index (χ0n) is 18.0. The number of fused-ring (bicyclic) bond motifs is 1. The number of phenolic OH excluding ortho intramolecular Hbond substituents is 1. The summed E-state index contributed by atoms with van der Waals surface area (Å²) in [4.78, 5) is 34.4. The van der Waals surface area contributed by atoms with E-state index in [-0.39, 0.29) is 11.7 Å². The van der Waals surface area contributed by atoms with Crippen LogP contribution in [-0.2, 0) is 14.4 Å². The molecule has 2 aliphatic rings. The van der Waals surface area contributed by atoms with Gasteiger partial charge in [0.2, 0.25) is 5.91 Å². The highest BCUT2D eigenvalue weighted by atomic mass is 16.7. The normalized spacial score (nSPS) is 21.9. The van der Waals surface area contributed by atoms with Gasteiger partial charge in [-0.05, 0) is 42.0 Å². The van der Waals surface area contributed by atoms with E-state index in [1.807, 2.05) is 30.3 Å². The molecule has 2 amide bonds. The number of anilines is 2. The van der Waals surface area contributed by atoms with Crippen LogP contribution in [0, 0.1) is 5.92 Å². The lowest BCUT2D eigenvalue weighted by Crippen LogP contribution is -2.37. The van der Waals surface area contributed by atoms with E-state index in [4.69, 9.17) is 14.3 Å². The van der Waals surface area contributed by atoms with Gasteiger partial charge in [-0.2, -0.15) is 0 Å². The fourth-order valence-electron chi connectivity index (χ4n) is 4.43. The molecule has 0 aromatic heterocycles. The Bertz CT molecular complexity index is 1200. The predicted molar refractivity (Wildman–Crippen MR) is 120 cm³/mol. The first kappa shape index (κ1) is 20.8. The average Bonchev–Trinajstić information content (AvgIpc) is 3.35. The van der Waals surface area contributed by atoms with Crippen molar-refractivity contribution in [1.82, 2.24) is 0 Å². The summed E-state index contributed by atoms with van der Waals surface area (Å²) in [6.45, 7) is 0. The molecule has 0 unspecified atom stereocenters. The van der Waals surface area contributed by atoms with E-state index < -0.39 is 24.0 Å². The number of amides is 2. The Morgan fingerprint density at radius 3 is 2.27 bits per heavy atom. The van der Waals surface area contributed by atoms with Gasteiger partial charge in [-0.1, -0.05) is 30.3 Å². The number of para-hydroxylation sites is 1. The molecule has 0 spiro atoms. The van der Waals surface area contributed by atoms with Gasteiger partial charge in [0.25, 0.3) is 5.91 Å².